The molecule has 24 heavy (non-hydrogen) atoms. The molecule has 140 valence electrons. The largest absolute Gasteiger partial charge is 0.357 e. The lowest BCUT2D eigenvalue weighted by atomic mass is 10.1. The normalized spacial score (nSPS) is 13.2. The van der Waals surface area contributed by atoms with Crippen LogP contribution in [0.1, 0.15) is 51.3 Å². The third kappa shape index (κ3) is 9.19. The first-order valence-corrected chi connectivity index (χ1v) is 10.4. The molecule has 0 amide bonds. The number of thiophene rings is 1. The summed E-state index contributed by atoms with van der Waals surface area (Å²) < 4.78 is 22.7. The number of nitrogens with two attached hydrogens (primary N) is 1. The van der Waals surface area contributed by atoms with Crippen molar-refractivity contribution in [3.05, 3.63) is 17.0 Å². The number of rotatable bonds is 9. The van der Waals surface area contributed by atoms with Gasteiger partial charge in [-0.15, -0.1) is 35.3 Å². The summed E-state index contributed by atoms with van der Waals surface area (Å²) in [6, 6.07) is 3.63. The SMILES string of the molecule is CCCCCC(C)NC(=NCc1ccc(S(N)(=O)=O)s1)NCC.I. The van der Waals surface area contributed by atoms with Crippen LogP contribution in [0.15, 0.2) is 21.3 Å². The summed E-state index contributed by atoms with van der Waals surface area (Å²) in [5.74, 6) is 0.752. The number of unbranched alkanes of at least 4 members (excludes halogenated alkanes) is 2. The summed E-state index contributed by atoms with van der Waals surface area (Å²) in [4.78, 5) is 5.38. The minimum absolute atomic E-state index is 0. The maximum absolute atomic E-state index is 11.3. The average Bonchev–Trinajstić information content (AvgIpc) is 2.94. The Labute approximate surface area is 166 Å². The fourth-order valence-corrected chi connectivity index (χ4v) is 3.78. The van der Waals surface area contributed by atoms with Crippen molar-refractivity contribution >= 4 is 51.3 Å². The first kappa shape index (κ1) is 23.6. The van der Waals surface area contributed by atoms with Crippen LogP contribution in [0.25, 0.3) is 0 Å². The minimum Gasteiger partial charge on any atom is -0.357 e. The Morgan fingerprint density at radius 2 is 2.04 bits per heavy atom. The molecule has 0 aliphatic heterocycles. The van der Waals surface area contributed by atoms with Gasteiger partial charge in [-0.1, -0.05) is 26.2 Å². The Hall–Kier alpha value is -0.390. The van der Waals surface area contributed by atoms with Gasteiger partial charge in [-0.05, 0) is 32.4 Å². The van der Waals surface area contributed by atoms with E-state index in [0.717, 1.165) is 35.1 Å². The molecule has 0 saturated heterocycles. The highest BCUT2D eigenvalue weighted by Crippen LogP contribution is 2.20. The van der Waals surface area contributed by atoms with E-state index in [0.29, 0.717) is 12.6 Å². The molecule has 4 N–H and O–H groups in total. The number of primary sulfonamides is 1. The molecule has 6 nitrogen and oxygen atoms in total. The zero-order valence-electron chi connectivity index (χ0n) is 14.5. The summed E-state index contributed by atoms with van der Waals surface area (Å²) in [5, 5.41) is 11.7. The van der Waals surface area contributed by atoms with Crippen LogP contribution in [0.4, 0.5) is 0 Å². The molecular weight excluding hydrogens is 459 g/mol. The summed E-state index contributed by atoms with van der Waals surface area (Å²) >= 11 is 1.16. The number of hydrogen-bond donors (Lipinski definition) is 3. The first-order valence-electron chi connectivity index (χ1n) is 8.03. The molecule has 0 bridgehead atoms. The number of halogens is 1. The van der Waals surface area contributed by atoms with Crippen LogP contribution in [0.3, 0.4) is 0 Å². The molecule has 0 aliphatic rings. The monoisotopic (exact) mass is 488 g/mol. The summed E-state index contributed by atoms with van der Waals surface area (Å²) in [7, 11) is -3.62. The van der Waals surface area contributed by atoms with Crippen molar-refractivity contribution in [3.63, 3.8) is 0 Å². The highest BCUT2D eigenvalue weighted by atomic mass is 127. The second-order valence-corrected chi connectivity index (χ2v) is 8.46. The third-order valence-corrected chi connectivity index (χ3v) is 5.79. The van der Waals surface area contributed by atoms with Gasteiger partial charge in [0.15, 0.2) is 5.96 Å². The van der Waals surface area contributed by atoms with E-state index in [-0.39, 0.29) is 28.2 Å². The lowest BCUT2D eigenvalue weighted by molar-refractivity contribution is 0.547. The highest BCUT2D eigenvalue weighted by Gasteiger charge is 2.11. The van der Waals surface area contributed by atoms with Gasteiger partial charge in [0.05, 0.1) is 6.54 Å². The Morgan fingerprint density at radius 1 is 1.33 bits per heavy atom. The number of nitrogens with zero attached hydrogens (tertiary/aromatic N) is 1. The fraction of sp³-hybridized carbons (Fsp3) is 0.667. The van der Waals surface area contributed by atoms with Crippen molar-refractivity contribution < 1.29 is 8.42 Å². The van der Waals surface area contributed by atoms with Crippen molar-refractivity contribution in [2.24, 2.45) is 10.1 Å². The van der Waals surface area contributed by atoms with E-state index in [2.05, 4.69) is 29.5 Å². The van der Waals surface area contributed by atoms with Crippen molar-refractivity contribution in [2.75, 3.05) is 6.54 Å². The van der Waals surface area contributed by atoms with Crippen LogP contribution in [-0.4, -0.2) is 27.0 Å². The molecule has 0 radical (unpaired) electrons. The molecule has 1 atom stereocenters. The van der Waals surface area contributed by atoms with E-state index in [1.165, 1.54) is 25.3 Å². The van der Waals surface area contributed by atoms with Gasteiger partial charge in [0.25, 0.3) is 0 Å². The third-order valence-electron chi connectivity index (χ3n) is 3.28. The molecule has 1 heterocycles. The van der Waals surface area contributed by atoms with E-state index < -0.39 is 10.0 Å². The van der Waals surface area contributed by atoms with Gasteiger partial charge in [0.2, 0.25) is 10.0 Å². The number of hydrogen-bond acceptors (Lipinski definition) is 4. The van der Waals surface area contributed by atoms with Crippen LogP contribution >= 0.6 is 35.3 Å². The predicted molar refractivity (Wildman–Crippen MR) is 113 cm³/mol. The summed E-state index contributed by atoms with van der Waals surface area (Å²) in [5.41, 5.74) is 0. The smallest absolute Gasteiger partial charge is 0.247 e. The van der Waals surface area contributed by atoms with Gasteiger partial charge in [-0.25, -0.2) is 18.5 Å². The molecule has 0 aromatic carbocycles. The number of sulfonamides is 1. The van der Waals surface area contributed by atoms with E-state index >= 15 is 0 Å². The maximum atomic E-state index is 11.3. The van der Waals surface area contributed by atoms with Crippen molar-refractivity contribution in [3.8, 4) is 0 Å². The predicted octanol–water partition coefficient (Wildman–Crippen LogP) is 3.04. The molecule has 1 unspecified atom stereocenters. The standard InChI is InChI=1S/C15H28N4O2S2.HI/c1-4-6-7-8-12(3)19-15(17-5-2)18-11-13-9-10-14(22-13)23(16,20)21;/h9-10,12H,4-8,11H2,1-3H3,(H2,16,20,21)(H2,17,18,19);1H. The van der Waals surface area contributed by atoms with Crippen molar-refractivity contribution in [1.29, 1.82) is 0 Å². The van der Waals surface area contributed by atoms with Crippen LogP contribution in [0.5, 0.6) is 0 Å². The van der Waals surface area contributed by atoms with Gasteiger partial charge < -0.3 is 10.6 Å². The fourth-order valence-electron chi connectivity index (χ4n) is 2.08. The minimum atomic E-state index is -3.62. The van der Waals surface area contributed by atoms with Crippen LogP contribution in [0.2, 0.25) is 0 Å². The highest BCUT2D eigenvalue weighted by molar-refractivity contribution is 14.0. The zero-order chi connectivity index (χ0) is 17.3. The van der Waals surface area contributed by atoms with Gasteiger partial charge in [-0.2, -0.15) is 0 Å². The molecule has 9 heteroatoms. The molecule has 1 aromatic rings. The van der Waals surface area contributed by atoms with Gasteiger partial charge in [-0.3, -0.25) is 0 Å². The van der Waals surface area contributed by atoms with Gasteiger partial charge >= 0.3 is 0 Å². The second-order valence-electron chi connectivity index (χ2n) is 5.50. The lowest BCUT2D eigenvalue weighted by Gasteiger charge is -2.17. The quantitative estimate of drug-likeness (QED) is 0.216. The Morgan fingerprint density at radius 3 is 2.58 bits per heavy atom. The van der Waals surface area contributed by atoms with Gasteiger partial charge in [0.1, 0.15) is 4.21 Å². The molecule has 0 spiro atoms. The molecule has 0 saturated carbocycles. The topological polar surface area (TPSA) is 96.6 Å². The summed E-state index contributed by atoms with van der Waals surface area (Å²) in [6.07, 6.45) is 4.76. The zero-order valence-corrected chi connectivity index (χ0v) is 18.5. The molecule has 0 fully saturated rings. The maximum Gasteiger partial charge on any atom is 0.247 e. The Bertz CT molecular complexity index is 602. The average molecular weight is 488 g/mol. The summed E-state index contributed by atoms with van der Waals surface area (Å²) in [6.45, 7) is 7.56. The molecular formula is C15H29IN4O2S2. The van der Waals surface area contributed by atoms with Crippen LogP contribution in [-0.2, 0) is 16.6 Å². The lowest BCUT2D eigenvalue weighted by Crippen LogP contribution is -2.42. The Kier molecular flexibility index (Phi) is 11.8. The molecule has 1 rings (SSSR count). The van der Waals surface area contributed by atoms with E-state index in [1.54, 1.807) is 6.07 Å². The van der Waals surface area contributed by atoms with Crippen molar-refractivity contribution in [1.82, 2.24) is 10.6 Å². The molecule has 0 aliphatic carbocycles. The van der Waals surface area contributed by atoms with E-state index in [9.17, 15) is 8.42 Å². The number of guanidine groups is 1. The first-order chi connectivity index (χ1) is 10.9. The van der Waals surface area contributed by atoms with E-state index in [4.69, 9.17) is 5.14 Å². The van der Waals surface area contributed by atoms with E-state index in [1.807, 2.05) is 6.92 Å². The van der Waals surface area contributed by atoms with Crippen molar-refractivity contribution in [2.45, 2.75) is 63.3 Å². The second kappa shape index (κ2) is 12.0. The number of nitrogens with one attached hydrogen (secondary N) is 2. The van der Waals surface area contributed by atoms with Gasteiger partial charge in [0, 0.05) is 17.5 Å². The van der Waals surface area contributed by atoms with Crippen LogP contribution < -0.4 is 15.8 Å². The Balaban J connectivity index is 0.00000529. The van der Waals surface area contributed by atoms with Crippen LogP contribution in [0, 0.1) is 0 Å². The number of aliphatic imine (C=N–C) groups is 1. The molecule has 1 aromatic heterocycles.